The predicted octanol–water partition coefficient (Wildman–Crippen LogP) is 5.16. The van der Waals surface area contributed by atoms with Gasteiger partial charge in [-0.05, 0) is 29.1 Å². The van der Waals surface area contributed by atoms with Crippen LogP contribution < -0.4 is 14.8 Å². The standard InChI is InChI=1S/C26H26N2O4S/c1-31-23-10-5-8-18(26(23)32-2)20(19-15-27-21-9-4-3-7-17(19)21)16-28-25(30)13-12-22(29)24-11-6-14-33-24/h3-11,14-15,20,27H,12-13,16H2,1-2H3,(H,28,30). The maximum Gasteiger partial charge on any atom is 0.220 e. The van der Waals surface area contributed by atoms with Crippen molar-refractivity contribution in [3.8, 4) is 11.5 Å². The highest BCUT2D eigenvalue weighted by atomic mass is 32.1. The number of para-hydroxylation sites is 2. The molecule has 2 heterocycles. The van der Waals surface area contributed by atoms with Crippen LogP contribution in [0.5, 0.6) is 11.5 Å². The molecular weight excluding hydrogens is 436 g/mol. The molecule has 0 saturated heterocycles. The summed E-state index contributed by atoms with van der Waals surface area (Å²) in [5.41, 5.74) is 2.98. The predicted molar refractivity (Wildman–Crippen MR) is 131 cm³/mol. The van der Waals surface area contributed by atoms with Crippen LogP contribution in [0.3, 0.4) is 0 Å². The molecule has 0 spiro atoms. The molecule has 4 aromatic rings. The minimum atomic E-state index is -0.178. The number of rotatable bonds is 10. The molecule has 0 aliphatic rings. The van der Waals surface area contributed by atoms with Crippen molar-refractivity contribution in [2.75, 3.05) is 20.8 Å². The Hall–Kier alpha value is -3.58. The number of hydrogen-bond acceptors (Lipinski definition) is 5. The van der Waals surface area contributed by atoms with Crippen molar-refractivity contribution in [1.29, 1.82) is 0 Å². The van der Waals surface area contributed by atoms with E-state index in [-0.39, 0.29) is 30.4 Å². The fraction of sp³-hybridized carbons (Fsp3) is 0.231. The fourth-order valence-electron chi connectivity index (χ4n) is 4.05. The number of Topliss-reactive ketones (excluding diaryl/α,β-unsaturated/α-hetero) is 1. The highest BCUT2D eigenvalue weighted by molar-refractivity contribution is 7.12. The average Bonchev–Trinajstić information content (AvgIpc) is 3.53. The summed E-state index contributed by atoms with van der Waals surface area (Å²) < 4.78 is 11.2. The fourth-order valence-corrected chi connectivity index (χ4v) is 4.74. The van der Waals surface area contributed by atoms with Gasteiger partial charge in [0, 0.05) is 48.0 Å². The Morgan fingerprint density at radius 2 is 1.82 bits per heavy atom. The van der Waals surface area contributed by atoms with Gasteiger partial charge in [-0.1, -0.05) is 36.4 Å². The van der Waals surface area contributed by atoms with Crippen molar-refractivity contribution in [2.24, 2.45) is 0 Å². The van der Waals surface area contributed by atoms with E-state index < -0.39 is 0 Å². The molecule has 2 aromatic carbocycles. The lowest BCUT2D eigenvalue weighted by molar-refractivity contribution is -0.121. The summed E-state index contributed by atoms with van der Waals surface area (Å²) in [5, 5.41) is 5.97. The zero-order chi connectivity index (χ0) is 23.2. The molecule has 1 unspecified atom stereocenters. The van der Waals surface area contributed by atoms with Crippen LogP contribution in [0, 0.1) is 0 Å². The first-order valence-electron chi connectivity index (χ1n) is 10.7. The third-order valence-corrected chi connectivity index (χ3v) is 6.59. The van der Waals surface area contributed by atoms with Crippen molar-refractivity contribution in [3.63, 3.8) is 0 Å². The molecule has 0 saturated carbocycles. The van der Waals surface area contributed by atoms with Crippen LogP contribution in [0.4, 0.5) is 0 Å². The number of fused-ring (bicyclic) bond motifs is 1. The van der Waals surface area contributed by atoms with Crippen LogP contribution in [-0.4, -0.2) is 37.4 Å². The van der Waals surface area contributed by atoms with Gasteiger partial charge >= 0.3 is 0 Å². The number of aromatic amines is 1. The highest BCUT2D eigenvalue weighted by Gasteiger charge is 2.24. The van der Waals surface area contributed by atoms with Gasteiger partial charge < -0.3 is 19.8 Å². The summed E-state index contributed by atoms with van der Waals surface area (Å²) >= 11 is 1.39. The largest absolute Gasteiger partial charge is 0.493 e. The molecule has 0 aliphatic heterocycles. The van der Waals surface area contributed by atoms with Gasteiger partial charge in [0.15, 0.2) is 17.3 Å². The number of methoxy groups -OCH3 is 2. The van der Waals surface area contributed by atoms with Gasteiger partial charge in [-0.15, -0.1) is 11.3 Å². The van der Waals surface area contributed by atoms with E-state index in [1.165, 1.54) is 11.3 Å². The van der Waals surface area contributed by atoms with Crippen LogP contribution in [0.25, 0.3) is 10.9 Å². The van der Waals surface area contributed by atoms with Crippen LogP contribution in [0.1, 0.15) is 39.6 Å². The summed E-state index contributed by atoms with van der Waals surface area (Å²) in [7, 11) is 3.22. The number of carbonyl (C=O) groups excluding carboxylic acids is 2. The molecule has 4 rings (SSSR count). The SMILES string of the molecule is COc1cccc(C(CNC(=O)CCC(=O)c2cccs2)c2c[nH]c3ccccc23)c1OC. The Morgan fingerprint density at radius 1 is 0.970 bits per heavy atom. The first-order valence-corrected chi connectivity index (χ1v) is 11.6. The molecule has 170 valence electrons. The number of thiophene rings is 1. The van der Waals surface area contributed by atoms with Gasteiger partial charge in [0.05, 0.1) is 19.1 Å². The minimum absolute atomic E-state index is 0.0113. The number of ether oxygens (including phenoxy) is 2. The Morgan fingerprint density at radius 3 is 2.58 bits per heavy atom. The summed E-state index contributed by atoms with van der Waals surface area (Å²) in [5.74, 6) is 0.919. The van der Waals surface area contributed by atoms with Crippen LogP contribution in [0.2, 0.25) is 0 Å². The quantitative estimate of drug-likeness (QED) is 0.319. The Kier molecular flexibility index (Phi) is 7.10. The van der Waals surface area contributed by atoms with Gasteiger partial charge in [-0.2, -0.15) is 0 Å². The number of amides is 1. The third kappa shape index (κ3) is 4.93. The van der Waals surface area contributed by atoms with E-state index in [1.54, 1.807) is 20.3 Å². The molecule has 0 aliphatic carbocycles. The average molecular weight is 463 g/mol. The van der Waals surface area contributed by atoms with Crippen molar-refractivity contribution in [1.82, 2.24) is 10.3 Å². The van der Waals surface area contributed by atoms with E-state index in [0.717, 1.165) is 22.0 Å². The first-order chi connectivity index (χ1) is 16.1. The Labute approximate surface area is 196 Å². The second-order valence-electron chi connectivity index (χ2n) is 7.63. The number of hydrogen-bond donors (Lipinski definition) is 2. The molecule has 2 N–H and O–H groups in total. The van der Waals surface area contributed by atoms with Crippen LogP contribution in [0.15, 0.2) is 66.2 Å². The monoisotopic (exact) mass is 462 g/mol. The molecule has 0 bridgehead atoms. The topological polar surface area (TPSA) is 80.4 Å². The summed E-state index contributed by atoms with van der Waals surface area (Å²) in [6, 6.07) is 17.4. The lowest BCUT2D eigenvalue weighted by atomic mass is 9.89. The van der Waals surface area contributed by atoms with Gasteiger partial charge in [-0.25, -0.2) is 0 Å². The van der Waals surface area contributed by atoms with Gasteiger partial charge in [0.2, 0.25) is 5.91 Å². The number of H-pyrrole nitrogens is 1. The smallest absolute Gasteiger partial charge is 0.220 e. The normalized spacial score (nSPS) is 11.8. The summed E-state index contributed by atoms with van der Waals surface area (Å²) in [6.45, 7) is 0.359. The van der Waals surface area contributed by atoms with Crippen molar-refractivity contribution >= 4 is 33.9 Å². The maximum absolute atomic E-state index is 12.6. The highest BCUT2D eigenvalue weighted by Crippen LogP contribution is 2.40. The summed E-state index contributed by atoms with van der Waals surface area (Å²) in [4.78, 5) is 28.9. The van der Waals surface area contributed by atoms with Gasteiger partial charge in [-0.3, -0.25) is 9.59 Å². The number of benzene rings is 2. The number of carbonyl (C=O) groups is 2. The molecule has 1 amide bonds. The summed E-state index contributed by atoms with van der Waals surface area (Å²) in [6.07, 6.45) is 2.31. The van der Waals surface area contributed by atoms with Crippen molar-refractivity contribution in [3.05, 3.63) is 82.2 Å². The van der Waals surface area contributed by atoms with Crippen LogP contribution >= 0.6 is 11.3 Å². The number of nitrogens with one attached hydrogen (secondary N) is 2. The lowest BCUT2D eigenvalue weighted by Crippen LogP contribution is -2.29. The minimum Gasteiger partial charge on any atom is -0.493 e. The third-order valence-electron chi connectivity index (χ3n) is 5.68. The zero-order valence-electron chi connectivity index (χ0n) is 18.6. The van der Waals surface area contributed by atoms with E-state index in [0.29, 0.717) is 22.9 Å². The van der Waals surface area contributed by atoms with E-state index in [9.17, 15) is 9.59 Å². The number of aromatic nitrogens is 1. The van der Waals surface area contributed by atoms with Gasteiger partial charge in [0.1, 0.15) is 0 Å². The molecule has 33 heavy (non-hydrogen) atoms. The molecule has 6 nitrogen and oxygen atoms in total. The number of ketones is 1. The van der Waals surface area contributed by atoms with E-state index >= 15 is 0 Å². The molecular formula is C26H26N2O4S. The Balaban J connectivity index is 1.58. The lowest BCUT2D eigenvalue weighted by Gasteiger charge is -2.22. The van der Waals surface area contributed by atoms with Crippen LogP contribution in [-0.2, 0) is 4.79 Å². The molecule has 2 aromatic heterocycles. The molecule has 1 atom stereocenters. The zero-order valence-corrected chi connectivity index (χ0v) is 19.4. The second-order valence-corrected chi connectivity index (χ2v) is 8.58. The maximum atomic E-state index is 12.6. The van der Waals surface area contributed by atoms with Crippen molar-refractivity contribution in [2.45, 2.75) is 18.8 Å². The van der Waals surface area contributed by atoms with E-state index in [2.05, 4.69) is 16.4 Å². The van der Waals surface area contributed by atoms with E-state index in [1.807, 2.05) is 54.0 Å². The molecule has 0 radical (unpaired) electrons. The first kappa shape index (κ1) is 22.6. The molecule has 0 fully saturated rings. The molecule has 7 heteroatoms. The second kappa shape index (κ2) is 10.4. The van der Waals surface area contributed by atoms with Gasteiger partial charge in [0.25, 0.3) is 0 Å². The van der Waals surface area contributed by atoms with E-state index in [4.69, 9.17) is 9.47 Å². The van der Waals surface area contributed by atoms with Crippen molar-refractivity contribution < 1.29 is 19.1 Å². The Bertz CT molecular complexity index is 1250.